The zero-order valence-corrected chi connectivity index (χ0v) is 15.8. The van der Waals surface area contributed by atoms with Gasteiger partial charge < -0.3 is 15.0 Å². The number of hydrogen-bond acceptors (Lipinski definition) is 3. The Morgan fingerprint density at radius 1 is 1.21 bits per heavy atom. The first kappa shape index (κ1) is 19.6. The fraction of sp³-hybridized carbons (Fsp3) is 0.273. The molecule has 2 aromatic rings. The van der Waals surface area contributed by atoms with Crippen LogP contribution in [0.25, 0.3) is 0 Å². The Bertz CT molecular complexity index is 889. The summed E-state index contributed by atoms with van der Waals surface area (Å²) in [5, 5.41) is 2.65. The molecule has 1 fully saturated rings. The summed E-state index contributed by atoms with van der Waals surface area (Å²) in [4.78, 5) is 26.4. The highest BCUT2D eigenvalue weighted by Gasteiger charge is 2.26. The van der Waals surface area contributed by atoms with E-state index in [9.17, 15) is 14.0 Å². The Morgan fingerprint density at radius 3 is 2.61 bits per heavy atom. The molecule has 3 rings (SSSR count). The van der Waals surface area contributed by atoms with E-state index in [1.165, 1.54) is 31.4 Å². The number of halogens is 1. The molecule has 0 unspecified atom stereocenters. The molecule has 5 nitrogen and oxygen atoms in total. The van der Waals surface area contributed by atoms with Crippen LogP contribution in [-0.4, -0.2) is 36.9 Å². The van der Waals surface area contributed by atoms with Crippen LogP contribution in [0.15, 0.2) is 55.1 Å². The number of nitrogens with zero attached hydrogens (tertiary/aromatic N) is 1. The Balaban J connectivity index is 1.78. The van der Waals surface area contributed by atoms with E-state index in [4.69, 9.17) is 4.74 Å². The van der Waals surface area contributed by atoms with Crippen LogP contribution in [0.2, 0.25) is 0 Å². The van der Waals surface area contributed by atoms with E-state index < -0.39 is 5.82 Å². The van der Waals surface area contributed by atoms with E-state index in [1.807, 2.05) is 12.1 Å². The molecule has 2 aromatic carbocycles. The second kappa shape index (κ2) is 8.69. The van der Waals surface area contributed by atoms with E-state index in [-0.39, 0.29) is 23.4 Å². The fourth-order valence-electron chi connectivity index (χ4n) is 3.52. The Morgan fingerprint density at radius 2 is 1.93 bits per heavy atom. The first-order valence-corrected chi connectivity index (χ1v) is 9.18. The monoisotopic (exact) mass is 382 g/mol. The Kier molecular flexibility index (Phi) is 6.09. The predicted molar refractivity (Wildman–Crippen MR) is 106 cm³/mol. The van der Waals surface area contributed by atoms with Crippen molar-refractivity contribution in [2.45, 2.75) is 18.8 Å². The van der Waals surface area contributed by atoms with Gasteiger partial charge in [0.15, 0.2) is 0 Å². The van der Waals surface area contributed by atoms with Crippen molar-refractivity contribution in [3.63, 3.8) is 0 Å². The summed E-state index contributed by atoms with van der Waals surface area (Å²) in [6, 6.07) is 11.5. The minimum Gasteiger partial charge on any atom is -0.497 e. The molecule has 0 aliphatic carbocycles. The van der Waals surface area contributed by atoms with Gasteiger partial charge in [0.1, 0.15) is 11.6 Å². The van der Waals surface area contributed by atoms with Gasteiger partial charge in [-0.2, -0.15) is 0 Å². The number of methoxy groups -OCH3 is 1. The average molecular weight is 382 g/mol. The Labute approximate surface area is 163 Å². The molecule has 1 aliphatic heterocycles. The van der Waals surface area contributed by atoms with Crippen molar-refractivity contribution >= 4 is 17.5 Å². The van der Waals surface area contributed by atoms with Gasteiger partial charge in [0.05, 0.1) is 12.8 Å². The van der Waals surface area contributed by atoms with Gasteiger partial charge in [-0.15, -0.1) is 0 Å². The molecule has 0 aromatic heterocycles. The van der Waals surface area contributed by atoms with Crippen LogP contribution < -0.4 is 10.1 Å². The van der Waals surface area contributed by atoms with E-state index in [1.54, 1.807) is 17.0 Å². The second-order valence-corrected chi connectivity index (χ2v) is 6.69. The summed E-state index contributed by atoms with van der Waals surface area (Å²) < 4.78 is 19.2. The summed E-state index contributed by atoms with van der Waals surface area (Å²) >= 11 is 0. The van der Waals surface area contributed by atoms with Crippen LogP contribution in [0.1, 0.15) is 34.7 Å². The molecule has 0 bridgehead atoms. The number of ether oxygens (including phenoxy) is 1. The lowest BCUT2D eigenvalue weighted by Gasteiger charge is -2.32. The number of likely N-dealkylation sites (tertiary alicyclic amines) is 1. The summed E-state index contributed by atoms with van der Waals surface area (Å²) in [6.07, 6.45) is 2.85. The molecule has 0 atom stereocenters. The molecular formula is C22H23FN2O3. The standard InChI is InChI=1S/C22H23FN2O3/c1-3-21(26)25-12-10-15(11-13-25)17-6-4-5-7-18(17)22(27)24-20-14-16(28-2)8-9-19(20)23/h3-9,14-15H,1,10-13H2,2H3,(H,24,27). The van der Waals surface area contributed by atoms with Gasteiger partial charge in [0.25, 0.3) is 5.91 Å². The first-order valence-electron chi connectivity index (χ1n) is 9.18. The number of carbonyl (C=O) groups excluding carboxylic acids is 2. The van der Waals surface area contributed by atoms with E-state index >= 15 is 0 Å². The van der Waals surface area contributed by atoms with E-state index in [2.05, 4.69) is 11.9 Å². The Hall–Kier alpha value is -3.15. The number of piperidine rings is 1. The van der Waals surface area contributed by atoms with Gasteiger partial charge in [-0.1, -0.05) is 24.8 Å². The molecule has 146 valence electrons. The molecule has 0 spiro atoms. The molecule has 6 heteroatoms. The molecule has 0 saturated carbocycles. The fourth-order valence-corrected chi connectivity index (χ4v) is 3.52. The van der Waals surface area contributed by atoms with Gasteiger partial charge in [-0.3, -0.25) is 9.59 Å². The van der Waals surface area contributed by atoms with Crippen molar-refractivity contribution in [3.05, 3.63) is 72.1 Å². The first-order chi connectivity index (χ1) is 13.5. The third-order valence-electron chi connectivity index (χ3n) is 5.05. The average Bonchev–Trinajstić information content (AvgIpc) is 2.74. The van der Waals surface area contributed by atoms with Crippen molar-refractivity contribution in [1.29, 1.82) is 0 Å². The van der Waals surface area contributed by atoms with Crippen molar-refractivity contribution in [2.75, 3.05) is 25.5 Å². The molecule has 1 saturated heterocycles. The van der Waals surface area contributed by atoms with Crippen LogP contribution in [-0.2, 0) is 4.79 Å². The summed E-state index contributed by atoms with van der Waals surface area (Å²) in [6.45, 7) is 4.77. The highest BCUT2D eigenvalue weighted by atomic mass is 19.1. The maximum Gasteiger partial charge on any atom is 0.256 e. The topological polar surface area (TPSA) is 58.6 Å². The lowest BCUT2D eigenvalue weighted by Crippen LogP contribution is -2.37. The molecule has 1 aliphatic rings. The van der Waals surface area contributed by atoms with Crippen molar-refractivity contribution < 1.29 is 18.7 Å². The SMILES string of the molecule is C=CC(=O)N1CCC(c2ccccc2C(=O)Nc2cc(OC)ccc2F)CC1. The summed E-state index contributed by atoms with van der Waals surface area (Å²) in [5.41, 5.74) is 1.50. The summed E-state index contributed by atoms with van der Waals surface area (Å²) in [7, 11) is 1.48. The number of hydrogen-bond donors (Lipinski definition) is 1. The number of anilines is 1. The highest BCUT2D eigenvalue weighted by molar-refractivity contribution is 6.05. The van der Waals surface area contributed by atoms with Crippen LogP contribution in [0.5, 0.6) is 5.75 Å². The van der Waals surface area contributed by atoms with Crippen molar-refractivity contribution in [3.8, 4) is 5.75 Å². The van der Waals surface area contributed by atoms with Gasteiger partial charge in [-0.25, -0.2) is 4.39 Å². The third-order valence-corrected chi connectivity index (χ3v) is 5.05. The number of rotatable bonds is 5. The van der Waals surface area contributed by atoms with Crippen molar-refractivity contribution in [2.24, 2.45) is 0 Å². The van der Waals surface area contributed by atoms with Crippen LogP contribution in [0.4, 0.5) is 10.1 Å². The second-order valence-electron chi connectivity index (χ2n) is 6.69. The molecule has 28 heavy (non-hydrogen) atoms. The molecule has 1 heterocycles. The minimum absolute atomic E-state index is 0.0713. The summed E-state index contributed by atoms with van der Waals surface area (Å²) in [5.74, 6) is -0.344. The zero-order valence-electron chi connectivity index (χ0n) is 15.8. The van der Waals surface area contributed by atoms with Crippen LogP contribution in [0, 0.1) is 5.82 Å². The highest BCUT2D eigenvalue weighted by Crippen LogP contribution is 2.31. The maximum absolute atomic E-state index is 14.1. The molecule has 2 amide bonds. The van der Waals surface area contributed by atoms with Gasteiger partial charge in [-0.05, 0) is 48.6 Å². The van der Waals surface area contributed by atoms with Gasteiger partial charge in [0.2, 0.25) is 5.91 Å². The number of benzene rings is 2. The third kappa shape index (κ3) is 4.22. The van der Waals surface area contributed by atoms with Crippen molar-refractivity contribution in [1.82, 2.24) is 4.90 Å². The predicted octanol–water partition coefficient (Wildman–Crippen LogP) is 3.98. The zero-order chi connectivity index (χ0) is 20.1. The normalized spacial score (nSPS) is 14.4. The van der Waals surface area contributed by atoms with E-state index in [0.29, 0.717) is 24.4 Å². The number of nitrogens with one attached hydrogen (secondary N) is 1. The lowest BCUT2D eigenvalue weighted by atomic mass is 9.86. The number of amides is 2. The smallest absolute Gasteiger partial charge is 0.256 e. The van der Waals surface area contributed by atoms with Crippen LogP contribution >= 0.6 is 0 Å². The van der Waals surface area contributed by atoms with Gasteiger partial charge >= 0.3 is 0 Å². The van der Waals surface area contributed by atoms with E-state index in [0.717, 1.165) is 18.4 Å². The largest absolute Gasteiger partial charge is 0.497 e. The molecule has 1 N–H and O–H groups in total. The minimum atomic E-state index is -0.525. The lowest BCUT2D eigenvalue weighted by molar-refractivity contribution is -0.127. The van der Waals surface area contributed by atoms with Crippen LogP contribution in [0.3, 0.4) is 0 Å². The maximum atomic E-state index is 14.1. The quantitative estimate of drug-likeness (QED) is 0.796. The van der Waals surface area contributed by atoms with Gasteiger partial charge in [0, 0.05) is 24.7 Å². The number of carbonyl (C=O) groups is 2. The molecule has 0 radical (unpaired) electrons. The molecular weight excluding hydrogens is 359 g/mol.